The van der Waals surface area contributed by atoms with Crippen LogP contribution in [0.3, 0.4) is 0 Å². The van der Waals surface area contributed by atoms with Gasteiger partial charge in [-0.15, -0.1) is 0 Å². The minimum absolute atomic E-state index is 0.0627. The predicted molar refractivity (Wildman–Crippen MR) is 68.8 cm³/mol. The van der Waals surface area contributed by atoms with Crippen molar-refractivity contribution >= 4 is 5.91 Å². The highest BCUT2D eigenvalue weighted by atomic mass is 19.4. The first-order chi connectivity index (χ1) is 9.36. The van der Waals surface area contributed by atoms with Gasteiger partial charge in [-0.3, -0.25) is 10.2 Å². The molecule has 0 radical (unpaired) electrons. The summed E-state index contributed by atoms with van der Waals surface area (Å²) in [7, 11) is 0. The van der Waals surface area contributed by atoms with Gasteiger partial charge in [0.1, 0.15) is 6.04 Å². The molecular formula is C14H17F3N2O. The monoisotopic (exact) mass is 286 g/mol. The second kappa shape index (κ2) is 5.83. The third kappa shape index (κ3) is 3.72. The van der Waals surface area contributed by atoms with Gasteiger partial charge >= 0.3 is 6.18 Å². The van der Waals surface area contributed by atoms with Crippen molar-refractivity contribution < 1.29 is 18.0 Å². The SMILES string of the molecule is Cc1ccc(CC[C@H](N2CCC(=O)N2)C(F)(F)F)cc1. The van der Waals surface area contributed by atoms with Gasteiger partial charge in [0, 0.05) is 13.0 Å². The van der Waals surface area contributed by atoms with E-state index in [2.05, 4.69) is 5.43 Å². The van der Waals surface area contributed by atoms with Crippen molar-refractivity contribution in [3.63, 3.8) is 0 Å². The topological polar surface area (TPSA) is 32.3 Å². The Kier molecular flexibility index (Phi) is 4.32. The molecule has 110 valence electrons. The zero-order chi connectivity index (χ0) is 14.8. The molecule has 0 saturated carbocycles. The Labute approximate surface area is 115 Å². The molecule has 1 N–H and O–H groups in total. The van der Waals surface area contributed by atoms with E-state index in [-0.39, 0.29) is 25.3 Å². The van der Waals surface area contributed by atoms with Gasteiger partial charge in [0.15, 0.2) is 0 Å². The van der Waals surface area contributed by atoms with Gasteiger partial charge in [-0.1, -0.05) is 29.8 Å². The van der Waals surface area contributed by atoms with E-state index in [4.69, 9.17) is 0 Å². The quantitative estimate of drug-likeness (QED) is 0.922. The maximum absolute atomic E-state index is 13.1. The molecule has 1 aromatic carbocycles. The number of hydrogen-bond acceptors (Lipinski definition) is 2. The number of carbonyl (C=O) groups is 1. The number of aryl methyl sites for hydroxylation is 2. The molecule has 20 heavy (non-hydrogen) atoms. The summed E-state index contributed by atoms with van der Waals surface area (Å²) in [6, 6.07) is 5.82. The average molecular weight is 286 g/mol. The zero-order valence-corrected chi connectivity index (χ0v) is 11.2. The van der Waals surface area contributed by atoms with Crippen LogP contribution in [0.4, 0.5) is 13.2 Å². The van der Waals surface area contributed by atoms with Gasteiger partial charge < -0.3 is 0 Å². The molecule has 1 atom stereocenters. The van der Waals surface area contributed by atoms with Crippen LogP contribution in [0, 0.1) is 6.92 Å². The molecule has 0 bridgehead atoms. The van der Waals surface area contributed by atoms with Crippen LogP contribution < -0.4 is 5.43 Å². The van der Waals surface area contributed by atoms with Gasteiger partial charge in [-0.25, -0.2) is 5.01 Å². The second-order valence-electron chi connectivity index (χ2n) is 5.06. The van der Waals surface area contributed by atoms with Crippen LogP contribution in [-0.2, 0) is 11.2 Å². The Balaban J connectivity index is 2.01. The molecule has 1 heterocycles. The highest BCUT2D eigenvalue weighted by Gasteiger charge is 2.45. The number of carbonyl (C=O) groups excluding carboxylic acids is 1. The fraction of sp³-hybridized carbons (Fsp3) is 0.500. The standard InChI is InChI=1S/C14H17F3N2O/c1-10-2-4-11(5-3-10)6-7-12(14(15,16)17)19-9-8-13(20)18-19/h2-5,12H,6-9H2,1H3,(H,18,20)/t12-/m0/s1. The Morgan fingerprint density at radius 1 is 1.30 bits per heavy atom. The predicted octanol–water partition coefficient (Wildman–Crippen LogP) is 2.60. The van der Waals surface area contributed by atoms with Crippen molar-refractivity contribution in [2.24, 2.45) is 0 Å². The largest absolute Gasteiger partial charge is 0.405 e. The first kappa shape index (κ1) is 14.8. The highest BCUT2D eigenvalue weighted by molar-refractivity contribution is 5.77. The van der Waals surface area contributed by atoms with Crippen molar-refractivity contribution in [3.05, 3.63) is 35.4 Å². The summed E-state index contributed by atoms with van der Waals surface area (Å²) in [5, 5.41) is 1.01. The van der Waals surface area contributed by atoms with Crippen LogP contribution in [-0.4, -0.2) is 29.7 Å². The van der Waals surface area contributed by atoms with Crippen molar-refractivity contribution in [1.29, 1.82) is 0 Å². The van der Waals surface area contributed by atoms with Gasteiger partial charge in [0.25, 0.3) is 0 Å². The molecule has 1 aromatic rings. The van der Waals surface area contributed by atoms with E-state index in [1.54, 1.807) is 0 Å². The number of benzene rings is 1. The molecule has 3 nitrogen and oxygen atoms in total. The van der Waals surface area contributed by atoms with Gasteiger partial charge in [-0.05, 0) is 25.3 Å². The molecule has 0 aromatic heterocycles. The number of rotatable bonds is 4. The number of halogens is 3. The van der Waals surface area contributed by atoms with Gasteiger partial charge in [-0.2, -0.15) is 13.2 Å². The maximum Gasteiger partial charge on any atom is 0.405 e. The molecule has 0 unspecified atom stereocenters. The first-order valence-corrected chi connectivity index (χ1v) is 6.54. The minimum Gasteiger partial charge on any atom is -0.288 e. The van der Waals surface area contributed by atoms with E-state index in [1.807, 2.05) is 31.2 Å². The molecule has 0 aliphatic carbocycles. The minimum atomic E-state index is -4.34. The summed E-state index contributed by atoms with van der Waals surface area (Å²) in [5.74, 6) is -0.352. The van der Waals surface area contributed by atoms with E-state index < -0.39 is 12.2 Å². The average Bonchev–Trinajstić information content (AvgIpc) is 2.77. The zero-order valence-electron chi connectivity index (χ0n) is 11.2. The van der Waals surface area contributed by atoms with Crippen molar-refractivity contribution in [2.75, 3.05) is 6.54 Å². The van der Waals surface area contributed by atoms with Crippen LogP contribution in [0.1, 0.15) is 24.0 Å². The number of nitrogens with one attached hydrogen (secondary N) is 1. The normalized spacial score (nSPS) is 18.1. The maximum atomic E-state index is 13.1. The lowest BCUT2D eigenvalue weighted by atomic mass is 10.0. The number of nitrogens with zero attached hydrogens (tertiary/aromatic N) is 1. The molecule has 1 aliphatic heterocycles. The van der Waals surface area contributed by atoms with E-state index >= 15 is 0 Å². The molecule has 0 spiro atoms. The Bertz CT molecular complexity index is 470. The third-order valence-electron chi connectivity index (χ3n) is 3.43. The molecule has 1 fully saturated rings. The second-order valence-corrected chi connectivity index (χ2v) is 5.06. The van der Waals surface area contributed by atoms with Crippen LogP contribution >= 0.6 is 0 Å². The summed E-state index contributed by atoms with van der Waals surface area (Å²) in [5.41, 5.74) is 4.23. The van der Waals surface area contributed by atoms with Crippen LogP contribution in [0.25, 0.3) is 0 Å². The summed E-state index contributed by atoms with van der Waals surface area (Å²) in [6.45, 7) is 2.04. The molecule has 2 rings (SSSR count). The summed E-state index contributed by atoms with van der Waals surface area (Å²) in [4.78, 5) is 11.1. The Morgan fingerprint density at radius 2 is 1.95 bits per heavy atom. The van der Waals surface area contributed by atoms with Gasteiger partial charge in [0.05, 0.1) is 0 Å². The van der Waals surface area contributed by atoms with Crippen LogP contribution in [0.2, 0.25) is 0 Å². The lowest BCUT2D eigenvalue weighted by Crippen LogP contribution is -2.50. The Hall–Kier alpha value is -1.56. The van der Waals surface area contributed by atoms with E-state index in [0.29, 0.717) is 6.42 Å². The number of amides is 1. The fourth-order valence-electron chi connectivity index (χ4n) is 2.28. The fourth-order valence-corrected chi connectivity index (χ4v) is 2.28. The molecule has 6 heteroatoms. The van der Waals surface area contributed by atoms with Crippen molar-refractivity contribution in [3.8, 4) is 0 Å². The van der Waals surface area contributed by atoms with E-state index in [9.17, 15) is 18.0 Å². The smallest absolute Gasteiger partial charge is 0.288 e. The number of hydrazine groups is 1. The van der Waals surface area contributed by atoms with Crippen LogP contribution in [0.5, 0.6) is 0 Å². The molecule has 1 saturated heterocycles. The lowest BCUT2D eigenvalue weighted by Gasteiger charge is -2.28. The van der Waals surface area contributed by atoms with Gasteiger partial charge in [0.2, 0.25) is 5.91 Å². The summed E-state index contributed by atoms with van der Waals surface area (Å²) < 4.78 is 39.2. The number of alkyl halides is 3. The summed E-state index contributed by atoms with van der Waals surface area (Å²) >= 11 is 0. The van der Waals surface area contributed by atoms with Crippen LogP contribution in [0.15, 0.2) is 24.3 Å². The first-order valence-electron chi connectivity index (χ1n) is 6.54. The van der Waals surface area contributed by atoms with E-state index in [1.165, 1.54) is 0 Å². The van der Waals surface area contributed by atoms with E-state index in [0.717, 1.165) is 16.1 Å². The Morgan fingerprint density at radius 3 is 2.45 bits per heavy atom. The lowest BCUT2D eigenvalue weighted by molar-refractivity contribution is -0.189. The molecule has 1 amide bonds. The summed E-state index contributed by atoms with van der Waals surface area (Å²) in [6.07, 6.45) is -3.96. The van der Waals surface area contributed by atoms with Crippen molar-refractivity contribution in [1.82, 2.24) is 10.4 Å². The molecule has 1 aliphatic rings. The third-order valence-corrected chi connectivity index (χ3v) is 3.43. The number of hydrogen-bond donors (Lipinski definition) is 1. The molecular weight excluding hydrogens is 269 g/mol. The highest BCUT2D eigenvalue weighted by Crippen LogP contribution is 2.28. The van der Waals surface area contributed by atoms with Crippen molar-refractivity contribution in [2.45, 2.75) is 38.4 Å².